The summed E-state index contributed by atoms with van der Waals surface area (Å²) in [5.41, 5.74) is 1.29. The highest BCUT2D eigenvalue weighted by Crippen LogP contribution is 2.27. The van der Waals surface area contributed by atoms with Crippen LogP contribution in [0.1, 0.15) is 31.2 Å². The molecular formula is C17H21N3O4S2. The molecular weight excluding hydrogens is 374 g/mol. The lowest BCUT2D eigenvalue weighted by Crippen LogP contribution is -2.40. The molecule has 1 aliphatic heterocycles. The summed E-state index contributed by atoms with van der Waals surface area (Å²) in [4.78, 5) is 18.5. The van der Waals surface area contributed by atoms with Gasteiger partial charge < -0.3 is 9.64 Å². The standard InChI is InChI=1S/C17H21N3O4S2/c1-26(22,23)19-15(24-17(21)20-10-6-3-7-11-20)14-12-25-16(18-14)13-8-4-2-5-9-13/h2,4-5,8-9,12,15,19H,3,6-7,10-11H2,1H3. The van der Waals surface area contributed by atoms with Gasteiger partial charge in [0.05, 0.1) is 6.26 Å². The minimum Gasteiger partial charge on any atom is -0.423 e. The van der Waals surface area contributed by atoms with Crippen molar-refractivity contribution in [2.45, 2.75) is 25.5 Å². The number of rotatable bonds is 5. The third-order valence-electron chi connectivity index (χ3n) is 3.97. The molecule has 2 heterocycles. The molecule has 7 nitrogen and oxygen atoms in total. The van der Waals surface area contributed by atoms with Gasteiger partial charge in [0.2, 0.25) is 16.3 Å². The van der Waals surface area contributed by atoms with Crippen molar-refractivity contribution in [3.8, 4) is 10.6 Å². The number of hydrogen-bond acceptors (Lipinski definition) is 6. The Morgan fingerprint density at radius 2 is 1.92 bits per heavy atom. The Kier molecular flexibility index (Phi) is 5.90. The molecule has 0 aliphatic carbocycles. The predicted octanol–water partition coefficient (Wildman–Crippen LogP) is 2.98. The first kappa shape index (κ1) is 18.8. The molecule has 9 heteroatoms. The van der Waals surface area contributed by atoms with E-state index in [-0.39, 0.29) is 0 Å². The molecule has 1 aliphatic rings. The number of thiazole rings is 1. The Labute approximate surface area is 157 Å². The Hall–Kier alpha value is -1.97. The van der Waals surface area contributed by atoms with Crippen molar-refractivity contribution in [2.75, 3.05) is 19.3 Å². The molecule has 1 unspecified atom stereocenters. The van der Waals surface area contributed by atoms with Crippen LogP contribution >= 0.6 is 11.3 Å². The van der Waals surface area contributed by atoms with Crippen LogP contribution in [0.15, 0.2) is 35.7 Å². The van der Waals surface area contributed by atoms with Gasteiger partial charge in [-0.05, 0) is 19.3 Å². The van der Waals surface area contributed by atoms with Gasteiger partial charge in [0.15, 0.2) is 0 Å². The lowest BCUT2D eigenvalue weighted by atomic mass is 10.1. The first-order chi connectivity index (χ1) is 12.4. The first-order valence-electron chi connectivity index (χ1n) is 8.36. The zero-order chi connectivity index (χ0) is 18.6. The van der Waals surface area contributed by atoms with Crippen molar-refractivity contribution in [1.82, 2.24) is 14.6 Å². The second kappa shape index (κ2) is 8.15. The monoisotopic (exact) mass is 395 g/mol. The summed E-state index contributed by atoms with van der Waals surface area (Å²) in [7, 11) is -3.58. The predicted molar refractivity (Wildman–Crippen MR) is 100 cm³/mol. The Morgan fingerprint density at radius 1 is 1.23 bits per heavy atom. The molecule has 1 atom stereocenters. The highest BCUT2D eigenvalue weighted by molar-refractivity contribution is 7.88. The molecule has 0 bridgehead atoms. The van der Waals surface area contributed by atoms with Crippen molar-refractivity contribution in [2.24, 2.45) is 0 Å². The highest BCUT2D eigenvalue weighted by atomic mass is 32.2. The second-order valence-electron chi connectivity index (χ2n) is 6.15. The van der Waals surface area contributed by atoms with Gasteiger partial charge in [-0.25, -0.2) is 18.2 Å². The van der Waals surface area contributed by atoms with Crippen LogP contribution < -0.4 is 4.72 Å². The normalized spacial score (nSPS) is 16.3. The number of sulfonamides is 1. The Morgan fingerprint density at radius 3 is 2.58 bits per heavy atom. The number of carbonyl (C=O) groups is 1. The summed E-state index contributed by atoms with van der Waals surface area (Å²) in [6.45, 7) is 1.24. The van der Waals surface area contributed by atoms with Crippen LogP contribution in [0.5, 0.6) is 0 Å². The third kappa shape index (κ3) is 5.03. The molecule has 2 aromatic rings. The van der Waals surface area contributed by atoms with E-state index in [4.69, 9.17) is 4.74 Å². The van der Waals surface area contributed by atoms with Crippen molar-refractivity contribution in [1.29, 1.82) is 0 Å². The Bertz CT molecular complexity index is 846. The lowest BCUT2D eigenvalue weighted by Gasteiger charge is -2.27. The van der Waals surface area contributed by atoms with Crippen molar-refractivity contribution >= 4 is 27.5 Å². The number of hydrogen-bond donors (Lipinski definition) is 1. The first-order valence-corrected chi connectivity index (χ1v) is 11.1. The number of amides is 1. The van der Waals surface area contributed by atoms with Crippen LogP contribution in [0.2, 0.25) is 0 Å². The molecule has 1 saturated heterocycles. The molecule has 1 aromatic carbocycles. The number of piperidine rings is 1. The van der Waals surface area contributed by atoms with Gasteiger partial charge in [0, 0.05) is 24.0 Å². The average Bonchev–Trinajstić information content (AvgIpc) is 3.12. The fourth-order valence-electron chi connectivity index (χ4n) is 2.71. The van der Waals surface area contributed by atoms with Gasteiger partial charge >= 0.3 is 6.09 Å². The minimum absolute atomic E-state index is 0.365. The molecule has 0 saturated carbocycles. The maximum Gasteiger partial charge on any atom is 0.411 e. The van der Waals surface area contributed by atoms with Crippen LogP contribution in [0, 0.1) is 0 Å². The zero-order valence-electron chi connectivity index (χ0n) is 14.4. The van der Waals surface area contributed by atoms with Gasteiger partial charge in [-0.15, -0.1) is 11.3 Å². The average molecular weight is 396 g/mol. The van der Waals surface area contributed by atoms with Crippen LogP contribution in [0.4, 0.5) is 4.79 Å². The van der Waals surface area contributed by atoms with E-state index in [1.165, 1.54) is 11.3 Å². The fraction of sp³-hybridized carbons (Fsp3) is 0.412. The van der Waals surface area contributed by atoms with Crippen molar-refractivity contribution in [3.63, 3.8) is 0 Å². The number of likely N-dealkylation sites (tertiary alicyclic amines) is 1. The van der Waals surface area contributed by atoms with E-state index in [2.05, 4.69) is 9.71 Å². The number of nitrogens with one attached hydrogen (secondary N) is 1. The quantitative estimate of drug-likeness (QED) is 0.786. The van der Waals surface area contributed by atoms with E-state index in [0.29, 0.717) is 18.8 Å². The summed E-state index contributed by atoms with van der Waals surface area (Å²) in [5, 5.41) is 2.43. The zero-order valence-corrected chi connectivity index (χ0v) is 16.1. The van der Waals surface area contributed by atoms with Crippen molar-refractivity contribution in [3.05, 3.63) is 41.4 Å². The smallest absolute Gasteiger partial charge is 0.411 e. The SMILES string of the molecule is CS(=O)(=O)NC(OC(=O)N1CCCCC1)c1csc(-c2ccccc2)n1. The molecule has 1 aromatic heterocycles. The van der Waals surface area contributed by atoms with Gasteiger partial charge in [-0.3, -0.25) is 0 Å². The van der Waals surface area contributed by atoms with Gasteiger partial charge in [-0.2, -0.15) is 4.72 Å². The van der Waals surface area contributed by atoms with Crippen LogP contribution in [0.25, 0.3) is 10.6 Å². The molecule has 0 radical (unpaired) electrons. The summed E-state index contributed by atoms with van der Waals surface area (Å²) in [5.74, 6) is 0. The number of benzene rings is 1. The number of ether oxygens (including phenoxy) is 1. The summed E-state index contributed by atoms with van der Waals surface area (Å²) in [6, 6.07) is 9.55. The maximum atomic E-state index is 12.4. The summed E-state index contributed by atoms with van der Waals surface area (Å²) < 4.78 is 31.2. The topological polar surface area (TPSA) is 88.6 Å². The van der Waals surface area contributed by atoms with Crippen LogP contribution in [-0.2, 0) is 14.8 Å². The van der Waals surface area contributed by atoms with E-state index >= 15 is 0 Å². The van der Waals surface area contributed by atoms with Crippen LogP contribution in [0.3, 0.4) is 0 Å². The molecule has 1 N–H and O–H groups in total. The Balaban J connectivity index is 1.80. The molecule has 140 valence electrons. The van der Waals surface area contributed by atoms with E-state index in [1.807, 2.05) is 30.3 Å². The van der Waals surface area contributed by atoms with E-state index in [1.54, 1.807) is 10.3 Å². The number of nitrogens with zero attached hydrogens (tertiary/aromatic N) is 2. The second-order valence-corrected chi connectivity index (χ2v) is 8.78. The molecule has 26 heavy (non-hydrogen) atoms. The summed E-state index contributed by atoms with van der Waals surface area (Å²) >= 11 is 1.37. The van der Waals surface area contributed by atoms with Crippen LogP contribution in [-0.4, -0.2) is 43.7 Å². The van der Waals surface area contributed by atoms with E-state index in [9.17, 15) is 13.2 Å². The lowest BCUT2D eigenvalue weighted by molar-refractivity contribution is 0.0512. The molecule has 1 amide bonds. The van der Waals surface area contributed by atoms with Crippen molar-refractivity contribution < 1.29 is 17.9 Å². The van der Waals surface area contributed by atoms with E-state index < -0.39 is 22.3 Å². The van der Waals surface area contributed by atoms with Gasteiger partial charge in [0.25, 0.3) is 0 Å². The van der Waals surface area contributed by atoms with Gasteiger partial charge in [-0.1, -0.05) is 30.3 Å². The third-order valence-corrected chi connectivity index (χ3v) is 5.52. The highest BCUT2D eigenvalue weighted by Gasteiger charge is 2.27. The maximum absolute atomic E-state index is 12.4. The largest absolute Gasteiger partial charge is 0.423 e. The summed E-state index contributed by atoms with van der Waals surface area (Å²) in [6.07, 6.45) is 2.29. The number of aromatic nitrogens is 1. The molecule has 3 rings (SSSR count). The number of carbonyl (C=O) groups excluding carboxylic acids is 1. The fourth-order valence-corrected chi connectivity index (χ4v) is 4.11. The molecule has 1 fully saturated rings. The van der Waals surface area contributed by atoms with Gasteiger partial charge in [0.1, 0.15) is 10.7 Å². The minimum atomic E-state index is -3.58. The van der Waals surface area contributed by atoms with E-state index in [0.717, 1.165) is 36.1 Å². The molecule has 0 spiro atoms.